The lowest BCUT2D eigenvalue weighted by molar-refractivity contribution is -0.00833. The van der Waals surface area contributed by atoms with E-state index < -0.39 is 28.2 Å². The van der Waals surface area contributed by atoms with Gasteiger partial charge in [0.1, 0.15) is 5.75 Å². The van der Waals surface area contributed by atoms with Gasteiger partial charge in [-0.2, -0.15) is 4.31 Å². The number of hydrogen-bond donors (Lipinski definition) is 3. The first-order valence-corrected chi connectivity index (χ1v) is 16.7. The Morgan fingerprint density at radius 3 is 2.48 bits per heavy atom. The molecular weight excluding hydrogens is 584 g/mol. The van der Waals surface area contributed by atoms with Crippen molar-refractivity contribution in [3.05, 3.63) is 54.1 Å². The van der Waals surface area contributed by atoms with Crippen molar-refractivity contribution in [2.75, 3.05) is 38.7 Å². The molecule has 1 aliphatic heterocycles. The summed E-state index contributed by atoms with van der Waals surface area (Å²) in [4.78, 5) is 28.4. The minimum atomic E-state index is -3.76. The number of sulfonamides is 1. The molecule has 1 heterocycles. The summed E-state index contributed by atoms with van der Waals surface area (Å²) in [5.74, 6) is -0.293. The van der Waals surface area contributed by atoms with Gasteiger partial charge in [0, 0.05) is 44.4 Å². The Morgan fingerprint density at radius 1 is 1.11 bits per heavy atom. The molecule has 0 saturated carbocycles. The fourth-order valence-corrected chi connectivity index (χ4v) is 6.22. The van der Waals surface area contributed by atoms with Crippen LogP contribution in [0.2, 0.25) is 0 Å². The number of ether oxygens (including phenoxy) is 2. The van der Waals surface area contributed by atoms with Crippen LogP contribution >= 0.6 is 0 Å². The lowest BCUT2D eigenvalue weighted by Gasteiger charge is -2.35. The van der Waals surface area contributed by atoms with Crippen LogP contribution < -0.4 is 15.4 Å². The van der Waals surface area contributed by atoms with Gasteiger partial charge in [-0.25, -0.2) is 13.2 Å². The third-order valence-electron chi connectivity index (χ3n) is 7.62. The van der Waals surface area contributed by atoms with Gasteiger partial charge in [-0.3, -0.25) is 4.79 Å². The Morgan fingerprint density at radius 2 is 1.82 bits per heavy atom. The average Bonchev–Trinajstić information content (AvgIpc) is 2.98. The van der Waals surface area contributed by atoms with Gasteiger partial charge in [0.15, 0.2) is 0 Å². The molecule has 2 aromatic carbocycles. The third kappa shape index (κ3) is 9.65. The van der Waals surface area contributed by atoms with E-state index in [1.54, 1.807) is 60.4 Å². The number of anilines is 1. The summed E-state index contributed by atoms with van der Waals surface area (Å²) in [7, 11) is -2.23. The Kier molecular flexibility index (Phi) is 13.0. The van der Waals surface area contributed by atoms with Crippen molar-refractivity contribution in [1.29, 1.82) is 0 Å². The second-order valence-electron chi connectivity index (χ2n) is 11.9. The van der Waals surface area contributed by atoms with Crippen LogP contribution in [-0.4, -0.2) is 92.3 Å². The molecule has 0 aliphatic carbocycles. The molecule has 3 rings (SSSR count). The van der Waals surface area contributed by atoms with Crippen LogP contribution in [0.25, 0.3) is 0 Å². The smallest absolute Gasteiger partial charge is 0.319 e. The number of aliphatic hydroxyl groups excluding tert-OH is 1. The summed E-state index contributed by atoms with van der Waals surface area (Å²) in [6, 6.07) is 12.2. The highest BCUT2D eigenvalue weighted by atomic mass is 32.2. The topological polar surface area (TPSA) is 138 Å². The molecule has 0 unspecified atom stereocenters. The number of fused-ring (bicyclic) bond motifs is 1. The minimum absolute atomic E-state index is 0.0719. The normalized spacial score (nSPS) is 21.2. The molecule has 0 saturated heterocycles. The number of carbonyl (C=O) groups excluding carboxylic acids is 2. The molecule has 2 aromatic rings. The van der Waals surface area contributed by atoms with Crippen LogP contribution in [0.1, 0.15) is 64.2 Å². The highest BCUT2D eigenvalue weighted by molar-refractivity contribution is 7.89. The number of likely N-dealkylation sites (N-methyl/N-ethyl adjacent to an activating group) is 1. The Labute approximate surface area is 262 Å². The van der Waals surface area contributed by atoms with Crippen molar-refractivity contribution in [2.45, 2.75) is 83.1 Å². The number of nitrogens with zero attached hydrogens (tertiary/aromatic N) is 2. The van der Waals surface area contributed by atoms with Gasteiger partial charge in [0.05, 0.1) is 35.3 Å². The molecule has 0 spiro atoms. The van der Waals surface area contributed by atoms with Gasteiger partial charge in [0.25, 0.3) is 5.91 Å². The molecule has 1 aliphatic rings. The molecule has 0 fully saturated rings. The van der Waals surface area contributed by atoms with Crippen molar-refractivity contribution in [3.63, 3.8) is 0 Å². The number of rotatable bonds is 8. The quantitative estimate of drug-likeness (QED) is 0.394. The minimum Gasteiger partial charge on any atom is -0.490 e. The van der Waals surface area contributed by atoms with E-state index in [2.05, 4.69) is 10.6 Å². The standard InChI is InChI=1S/C32H48N4O7S/c1-22(2)33-32(39)34-26-15-16-29-28(18-26)31(38)36(24(4)21-37)19-23(3)30(42-17-11-10-12-25(5)43-29)20-35(6)44(40,41)27-13-8-7-9-14-27/h7-9,13-16,18,22-25,30,37H,10-12,17,19-21H2,1-6H3,(H2,33,34,39)/t23-,24-,25+,30+/m1/s1. The van der Waals surface area contributed by atoms with Crippen LogP contribution in [0, 0.1) is 5.92 Å². The van der Waals surface area contributed by atoms with E-state index in [9.17, 15) is 23.1 Å². The zero-order chi connectivity index (χ0) is 32.4. The predicted octanol–water partition coefficient (Wildman–Crippen LogP) is 4.33. The van der Waals surface area contributed by atoms with Crippen molar-refractivity contribution in [2.24, 2.45) is 5.92 Å². The number of amides is 3. The van der Waals surface area contributed by atoms with Crippen LogP contribution in [-0.2, 0) is 14.8 Å². The van der Waals surface area contributed by atoms with Gasteiger partial charge in [-0.1, -0.05) is 25.1 Å². The third-order valence-corrected chi connectivity index (χ3v) is 9.46. The monoisotopic (exact) mass is 632 g/mol. The van der Waals surface area contributed by atoms with Crippen molar-refractivity contribution < 1.29 is 32.6 Å². The van der Waals surface area contributed by atoms with Crippen LogP contribution in [0.3, 0.4) is 0 Å². The SMILES string of the molecule is CC(C)NC(=O)Nc1ccc2c(c1)C(=O)N([C@H](C)CO)C[C@@H](C)[C@H](CN(C)S(=O)(=O)c1ccccc1)OCCCC[C@H](C)O2. The zero-order valence-electron chi connectivity index (χ0n) is 26.7. The van der Waals surface area contributed by atoms with Crippen LogP contribution in [0.15, 0.2) is 53.4 Å². The van der Waals surface area contributed by atoms with Crippen molar-refractivity contribution in [3.8, 4) is 5.75 Å². The Hall–Kier alpha value is -3.19. The number of carbonyl (C=O) groups is 2. The van der Waals surface area contributed by atoms with E-state index in [1.807, 2.05) is 27.7 Å². The fraction of sp³-hybridized carbons (Fsp3) is 0.562. The molecular formula is C32H48N4O7S. The number of benzene rings is 2. The molecule has 244 valence electrons. The highest BCUT2D eigenvalue weighted by Crippen LogP contribution is 2.29. The van der Waals surface area contributed by atoms with E-state index in [1.165, 1.54) is 11.4 Å². The van der Waals surface area contributed by atoms with Gasteiger partial charge >= 0.3 is 6.03 Å². The van der Waals surface area contributed by atoms with E-state index in [0.717, 1.165) is 12.8 Å². The summed E-state index contributed by atoms with van der Waals surface area (Å²) in [6.45, 7) is 9.71. The first-order valence-electron chi connectivity index (χ1n) is 15.3. The van der Waals surface area contributed by atoms with Crippen LogP contribution in [0.4, 0.5) is 10.5 Å². The average molecular weight is 633 g/mol. The first-order chi connectivity index (χ1) is 20.8. The lowest BCUT2D eigenvalue weighted by Crippen LogP contribution is -2.48. The van der Waals surface area contributed by atoms with Crippen LogP contribution in [0.5, 0.6) is 5.75 Å². The highest BCUT2D eigenvalue weighted by Gasteiger charge is 2.32. The molecule has 4 atom stereocenters. The molecule has 12 heteroatoms. The molecule has 0 bridgehead atoms. The Balaban J connectivity index is 1.96. The van der Waals surface area contributed by atoms with E-state index in [0.29, 0.717) is 24.5 Å². The Bertz CT molecular complexity index is 1340. The second-order valence-corrected chi connectivity index (χ2v) is 13.9. The molecule has 3 amide bonds. The first kappa shape index (κ1) is 35.3. The number of hydrogen-bond acceptors (Lipinski definition) is 7. The van der Waals surface area contributed by atoms with E-state index in [4.69, 9.17) is 9.47 Å². The summed E-state index contributed by atoms with van der Waals surface area (Å²) in [5.41, 5.74) is 0.677. The van der Waals surface area contributed by atoms with Crippen molar-refractivity contribution in [1.82, 2.24) is 14.5 Å². The summed E-state index contributed by atoms with van der Waals surface area (Å²) >= 11 is 0. The van der Waals surface area contributed by atoms with Gasteiger partial charge in [-0.15, -0.1) is 0 Å². The maximum atomic E-state index is 14.2. The summed E-state index contributed by atoms with van der Waals surface area (Å²) < 4.78 is 40.4. The molecule has 0 aromatic heterocycles. The number of nitrogens with one attached hydrogen (secondary N) is 2. The molecule has 0 radical (unpaired) electrons. The maximum Gasteiger partial charge on any atom is 0.319 e. The van der Waals surface area contributed by atoms with Gasteiger partial charge in [-0.05, 0) is 77.3 Å². The van der Waals surface area contributed by atoms with Gasteiger partial charge < -0.3 is 30.1 Å². The fourth-order valence-electron chi connectivity index (χ4n) is 5.02. The zero-order valence-corrected chi connectivity index (χ0v) is 27.5. The summed E-state index contributed by atoms with van der Waals surface area (Å²) in [5, 5.41) is 15.7. The molecule has 11 nitrogen and oxygen atoms in total. The molecule has 44 heavy (non-hydrogen) atoms. The second kappa shape index (κ2) is 16.2. The lowest BCUT2D eigenvalue weighted by atomic mass is 10.0. The largest absolute Gasteiger partial charge is 0.490 e. The van der Waals surface area contributed by atoms with E-state index in [-0.39, 0.29) is 54.1 Å². The van der Waals surface area contributed by atoms with Crippen molar-refractivity contribution >= 4 is 27.6 Å². The number of aliphatic hydroxyl groups is 1. The molecule has 3 N–H and O–H groups in total. The van der Waals surface area contributed by atoms with Gasteiger partial charge in [0.2, 0.25) is 10.0 Å². The van der Waals surface area contributed by atoms with E-state index >= 15 is 0 Å². The predicted molar refractivity (Wildman–Crippen MR) is 170 cm³/mol. The maximum absolute atomic E-state index is 14.2. The summed E-state index contributed by atoms with van der Waals surface area (Å²) in [6.07, 6.45) is 1.55. The number of urea groups is 1.